The van der Waals surface area contributed by atoms with Gasteiger partial charge >= 0.3 is 5.97 Å². The maximum absolute atomic E-state index is 14.0. The van der Waals surface area contributed by atoms with Crippen LogP contribution in [0.3, 0.4) is 0 Å². The van der Waals surface area contributed by atoms with Crippen molar-refractivity contribution in [3.63, 3.8) is 0 Å². The average molecular weight is 475 g/mol. The number of hydrogen-bond acceptors (Lipinski definition) is 6. The number of rotatable bonds is 9. The Bertz CT molecular complexity index is 841. The molecule has 4 aliphatic heterocycles. The molecule has 0 saturated carbocycles. The summed E-state index contributed by atoms with van der Waals surface area (Å²) in [5, 5.41) is 9.06. The van der Waals surface area contributed by atoms with Crippen LogP contribution in [0, 0.1) is 11.8 Å². The molecular weight excluding hydrogens is 436 g/mol. The van der Waals surface area contributed by atoms with Crippen molar-refractivity contribution < 1.29 is 29.0 Å². The first kappa shape index (κ1) is 24.9. The molecule has 8 nitrogen and oxygen atoms in total. The highest BCUT2D eigenvalue weighted by Crippen LogP contribution is 2.53. The van der Waals surface area contributed by atoms with E-state index in [4.69, 9.17) is 14.6 Å². The van der Waals surface area contributed by atoms with E-state index in [1.54, 1.807) is 4.90 Å². The molecule has 0 bridgehead atoms. The summed E-state index contributed by atoms with van der Waals surface area (Å²) < 4.78 is 12.0. The molecule has 34 heavy (non-hydrogen) atoms. The lowest BCUT2D eigenvalue weighted by Crippen LogP contribution is -2.56. The second-order valence-electron chi connectivity index (χ2n) is 9.93. The number of esters is 1. The summed E-state index contributed by atoms with van der Waals surface area (Å²) in [6.45, 7) is 5.46. The molecule has 4 rings (SSSR count). The van der Waals surface area contributed by atoms with Gasteiger partial charge in [0.25, 0.3) is 0 Å². The van der Waals surface area contributed by atoms with Crippen LogP contribution in [0.15, 0.2) is 24.3 Å². The Morgan fingerprint density at radius 1 is 1.15 bits per heavy atom. The lowest BCUT2D eigenvalue weighted by atomic mass is 9.77. The predicted octanol–water partition coefficient (Wildman–Crippen LogP) is 2.21. The maximum Gasteiger partial charge on any atom is 0.312 e. The van der Waals surface area contributed by atoms with E-state index in [1.165, 1.54) is 0 Å². The van der Waals surface area contributed by atoms with Gasteiger partial charge in [0, 0.05) is 25.7 Å². The van der Waals surface area contributed by atoms with Gasteiger partial charge in [-0.25, -0.2) is 0 Å². The van der Waals surface area contributed by atoms with Gasteiger partial charge in [0.2, 0.25) is 11.8 Å². The topological polar surface area (TPSA) is 96.4 Å². The number of amides is 2. The van der Waals surface area contributed by atoms with E-state index >= 15 is 0 Å². The smallest absolute Gasteiger partial charge is 0.312 e. The second-order valence-corrected chi connectivity index (χ2v) is 9.93. The maximum atomic E-state index is 14.0. The molecule has 6 atom stereocenters. The van der Waals surface area contributed by atoms with Crippen molar-refractivity contribution >= 4 is 17.8 Å². The molecule has 4 aliphatic rings. The second kappa shape index (κ2) is 10.6. The third-order valence-corrected chi connectivity index (χ3v) is 7.70. The molecule has 1 spiro atoms. The fourth-order valence-electron chi connectivity index (χ4n) is 6.08. The number of likely N-dealkylation sites (tertiary alicyclic amines) is 1. The molecule has 1 N–H and O–H groups in total. The summed E-state index contributed by atoms with van der Waals surface area (Å²) in [4.78, 5) is 44.5. The van der Waals surface area contributed by atoms with Crippen molar-refractivity contribution in [1.82, 2.24) is 9.80 Å². The highest BCUT2D eigenvalue weighted by atomic mass is 16.6. The van der Waals surface area contributed by atoms with E-state index in [0.29, 0.717) is 19.5 Å². The molecule has 0 aliphatic carbocycles. The number of nitrogens with zero attached hydrogens (tertiary/aromatic N) is 2. The lowest BCUT2D eigenvalue weighted by molar-refractivity contribution is -0.155. The summed E-state index contributed by atoms with van der Waals surface area (Å²) in [5.74, 6) is -2.27. The van der Waals surface area contributed by atoms with Crippen LogP contribution in [0.5, 0.6) is 0 Å². The minimum absolute atomic E-state index is 0.0396. The number of unbranched alkanes of at least 4 members (excludes halogenated alkanes) is 3. The van der Waals surface area contributed by atoms with E-state index < -0.39 is 35.6 Å². The Hall–Kier alpha value is -2.19. The van der Waals surface area contributed by atoms with Crippen LogP contribution in [-0.2, 0) is 23.9 Å². The Kier molecular flexibility index (Phi) is 7.77. The molecule has 2 unspecified atom stereocenters. The van der Waals surface area contributed by atoms with Gasteiger partial charge in [-0.2, -0.15) is 0 Å². The summed E-state index contributed by atoms with van der Waals surface area (Å²) >= 11 is 0. The molecular formula is C26H38N2O6. The van der Waals surface area contributed by atoms with E-state index in [-0.39, 0.29) is 31.1 Å². The van der Waals surface area contributed by atoms with Gasteiger partial charge in [0.05, 0.1) is 18.6 Å². The zero-order valence-electron chi connectivity index (χ0n) is 20.4. The molecule has 2 amide bonds. The van der Waals surface area contributed by atoms with Crippen LogP contribution in [0.2, 0.25) is 0 Å². The fraction of sp³-hybridized carbons (Fsp3) is 0.731. The molecule has 0 radical (unpaired) electrons. The zero-order valence-corrected chi connectivity index (χ0v) is 20.4. The zero-order chi connectivity index (χ0) is 24.3. The number of aliphatic hydroxyl groups is 1. The normalized spacial score (nSPS) is 33.7. The van der Waals surface area contributed by atoms with E-state index in [1.807, 2.05) is 36.1 Å². The van der Waals surface area contributed by atoms with Crippen LogP contribution in [0.4, 0.5) is 0 Å². The summed E-state index contributed by atoms with van der Waals surface area (Å²) in [6.07, 6.45) is 12.6. The molecule has 0 aromatic heterocycles. The quantitative estimate of drug-likeness (QED) is 0.313. The summed E-state index contributed by atoms with van der Waals surface area (Å²) in [6, 6.07) is -0.756. The van der Waals surface area contributed by atoms with Gasteiger partial charge in [0.15, 0.2) is 0 Å². The molecule has 0 aromatic carbocycles. The van der Waals surface area contributed by atoms with Gasteiger partial charge in [0.1, 0.15) is 17.6 Å². The van der Waals surface area contributed by atoms with Crippen LogP contribution in [0.1, 0.15) is 58.8 Å². The highest BCUT2D eigenvalue weighted by Gasteiger charge is 2.71. The SMILES string of the molecule is CCCC(C)N1CC=C[C@]23O[C@H]4C=CCCOC(=O)[C@H]4[C@H]2C(=O)N(CCCCCCO)C3C1=O. The molecule has 4 heterocycles. The number of hydrogen-bond donors (Lipinski definition) is 1. The minimum Gasteiger partial charge on any atom is -0.465 e. The van der Waals surface area contributed by atoms with Gasteiger partial charge in [-0.05, 0) is 32.6 Å². The van der Waals surface area contributed by atoms with E-state index in [9.17, 15) is 14.4 Å². The monoisotopic (exact) mass is 474 g/mol. The molecule has 8 heteroatoms. The Morgan fingerprint density at radius 3 is 2.71 bits per heavy atom. The van der Waals surface area contributed by atoms with E-state index in [0.717, 1.165) is 38.5 Å². The number of carbonyl (C=O) groups is 3. The van der Waals surface area contributed by atoms with Crippen molar-refractivity contribution in [3.05, 3.63) is 24.3 Å². The lowest BCUT2D eigenvalue weighted by Gasteiger charge is -2.37. The molecule has 188 valence electrons. The largest absolute Gasteiger partial charge is 0.465 e. The average Bonchev–Trinajstić information content (AvgIpc) is 3.17. The van der Waals surface area contributed by atoms with Crippen LogP contribution >= 0.6 is 0 Å². The number of cyclic esters (lactones) is 1. The number of ether oxygens (including phenoxy) is 2. The first-order chi connectivity index (χ1) is 16.5. The Morgan fingerprint density at radius 2 is 1.94 bits per heavy atom. The predicted molar refractivity (Wildman–Crippen MR) is 126 cm³/mol. The van der Waals surface area contributed by atoms with Crippen molar-refractivity contribution in [2.75, 3.05) is 26.3 Å². The van der Waals surface area contributed by atoms with Crippen LogP contribution in [0.25, 0.3) is 0 Å². The van der Waals surface area contributed by atoms with Crippen molar-refractivity contribution in [1.29, 1.82) is 0 Å². The third-order valence-electron chi connectivity index (χ3n) is 7.70. The Balaban J connectivity index is 1.70. The number of aliphatic hydroxyl groups excluding tert-OH is 1. The highest BCUT2D eigenvalue weighted by molar-refractivity contribution is 5.99. The minimum atomic E-state index is -1.18. The summed E-state index contributed by atoms with van der Waals surface area (Å²) in [7, 11) is 0. The van der Waals surface area contributed by atoms with Gasteiger partial charge in [-0.15, -0.1) is 0 Å². The van der Waals surface area contributed by atoms with Gasteiger partial charge in [-0.1, -0.05) is 50.5 Å². The van der Waals surface area contributed by atoms with Gasteiger partial charge in [-0.3, -0.25) is 14.4 Å². The van der Waals surface area contributed by atoms with Crippen molar-refractivity contribution in [3.8, 4) is 0 Å². The first-order valence-electron chi connectivity index (χ1n) is 12.9. The molecule has 2 fully saturated rings. The van der Waals surface area contributed by atoms with Crippen LogP contribution < -0.4 is 0 Å². The molecule has 2 saturated heterocycles. The third kappa shape index (κ3) is 4.31. The summed E-state index contributed by atoms with van der Waals surface area (Å²) in [5.41, 5.74) is -1.18. The van der Waals surface area contributed by atoms with Gasteiger partial charge < -0.3 is 24.4 Å². The number of carbonyl (C=O) groups excluding carboxylic acids is 3. The van der Waals surface area contributed by atoms with Crippen molar-refractivity contribution in [2.24, 2.45) is 11.8 Å². The van der Waals surface area contributed by atoms with Crippen molar-refractivity contribution in [2.45, 2.75) is 82.6 Å². The van der Waals surface area contributed by atoms with Crippen LogP contribution in [-0.4, -0.2) is 82.8 Å². The van der Waals surface area contributed by atoms with E-state index in [2.05, 4.69) is 6.92 Å². The Labute approximate surface area is 201 Å². The fourth-order valence-corrected chi connectivity index (χ4v) is 6.08. The molecule has 0 aromatic rings. The number of fused-ring (bicyclic) bond motifs is 2. The standard InChI is InChI=1S/C26H38N2O6/c1-3-11-18(2)27-15-10-13-26-21(20-19(34-26)12-6-9-17-33-25(20)32)23(30)28(22(26)24(27)31)14-7-4-5-8-16-29/h6,10,12-13,18-22,29H,3-5,7-9,11,14-17H2,1-2H3/t18?,19-,20+,21-,22?,26-/m0/s1. The first-order valence-corrected chi connectivity index (χ1v) is 12.9.